The maximum Gasteiger partial charge on any atom is 0.310 e. The van der Waals surface area contributed by atoms with Gasteiger partial charge in [0.1, 0.15) is 0 Å². The van der Waals surface area contributed by atoms with Gasteiger partial charge in [-0.2, -0.15) is 0 Å². The number of carboxylic acids is 1. The smallest absolute Gasteiger partial charge is 0.310 e. The molecule has 0 unspecified atom stereocenters. The van der Waals surface area contributed by atoms with E-state index in [0.29, 0.717) is 13.0 Å². The van der Waals surface area contributed by atoms with Crippen LogP contribution in [0.15, 0.2) is 12.1 Å². The summed E-state index contributed by atoms with van der Waals surface area (Å²) in [6.07, 6.45) is 0.664. The maximum absolute atomic E-state index is 11.7. The van der Waals surface area contributed by atoms with Crippen LogP contribution in [0.5, 0.6) is 0 Å². The number of carbonyl (C=O) groups excluding carboxylic acids is 1. The number of benzene rings is 1. The molecule has 0 amide bonds. The fraction of sp³-hybridized carbons (Fsp3) is 0.529. The lowest BCUT2D eigenvalue weighted by atomic mass is 9.82. The molecule has 0 atom stereocenters. The second-order valence-electron chi connectivity index (χ2n) is 5.99. The van der Waals surface area contributed by atoms with Crippen molar-refractivity contribution in [1.29, 1.82) is 0 Å². The van der Waals surface area contributed by atoms with Gasteiger partial charge in [0, 0.05) is 0 Å². The first kappa shape index (κ1) is 17.2. The highest BCUT2D eigenvalue weighted by Crippen LogP contribution is 2.27. The van der Waals surface area contributed by atoms with Gasteiger partial charge in [-0.05, 0) is 63.3 Å². The van der Waals surface area contributed by atoms with Crippen molar-refractivity contribution in [3.05, 3.63) is 34.4 Å². The third kappa shape index (κ3) is 4.31. The zero-order chi connectivity index (χ0) is 16.2. The topological polar surface area (TPSA) is 63.6 Å². The number of aryl methyl sites for hydroxylation is 1. The van der Waals surface area contributed by atoms with Crippen molar-refractivity contribution in [3.8, 4) is 0 Å². The van der Waals surface area contributed by atoms with E-state index in [1.165, 1.54) is 0 Å². The molecule has 0 aromatic heterocycles. The molecule has 1 N–H and O–H groups in total. The van der Waals surface area contributed by atoms with E-state index in [4.69, 9.17) is 4.74 Å². The highest BCUT2D eigenvalue weighted by atomic mass is 16.5. The van der Waals surface area contributed by atoms with Crippen molar-refractivity contribution in [1.82, 2.24) is 0 Å². The number of ether oxygens (including phenoxy) is 1. The van der Waals surface area contributed by atoms with E-state index in [1.807, 2.05) is 26.0 Å². The van der Waals surface area contributed by atoms with E-state index < -0.39 is 11.4 Å². The van der Waals surface area contributed by atoms with Gasteiger partial charge in [0.05, 0.1) is 18.4 Å². The zero-order valence-corrected chi connectivity index (χ0v) is 13.4. The molecule has 21 heavy (non-hydrogen) atoms. The van der Waals surface area contributed by atoms with Crippen molar-refractivity contribution >= 4 is 11.9 Å². The highest BCUT2D eigenvalue weighted by Gasteiger charge is 2.28. The van der Waals surface area contributed by atoms with Gasteiger partial charge < -0.3 is 9.84 Å². The Bertz CT molecular complexity index is 544. The molecular formula is C17H24O4. The number of hydrogen-bond acceptors (Lipinski definition) is 3. The lowest BCUT2D eigenvalue weighted by molar-refractivity contribution is -0.147. The molecule has 1 aromatic carbocycles. The predicted octanol–water partition coefficient (Wildman–Crippen LogP) is 3.06. The van der Waals surface area contributed by atoms with Crippen LogP contribution in [0.4, 0.5) is 0 Å². The summed E-state index contributed by atoms with van der Waals surface area (Å²) in [6.45, 7) is 9.45. The molecule has 1 aromatic rings. The van der Waals surface area contributed by atoms with Crippen molar-refractivity contribution < 1.29 is 19.4 Å². The Balaban J connectivity index is 3.09. The highest BCUT2D eigenvalue weighted by molar-refractivity contribution is 5.75. The van der Waals surface area contributed by atoms with Crippen LogP contribution in [0.1, 0.15) is 43.0 Å². The zero-order valence-electron chi connectivity index (χ0n) is 13.4. The minimum atomic E-state index is -0.832. The lowest BCUT2D eigenvalue weighted by Crippen LogP contribution is -2.26. The number of carboxylic acid groups (broad SMARTS) is 1. The Morgan fingerprint density at radius 2 is 1.86 bits per heavy atom. The van der Waals surface area contributed by atoms with Gasteiger partial charge in [-0.3, -0.25) is 9.59 Å². The number of rotatable bonds is 6. The summed E-state index contributed by atoms with van der Waals surface area (Å²) in [5, 5.41) is 9.26. The third-order valence-corrected chi connectivity index (χ3v) is 3.78. The summed E-state index contributed by atoms with van der Waals surface area (Å²) in [6, 6.07) is 3.89. The second-order valence-corrected chi connectivity index (χ2v) is 5.99. The number of esters is 1. The standard InChI is InChI=1S/C17H24O4/c1-6-21-15(18)9-14-11(2)7-8-13(12(14)3)10-17(4,5)16(19)20/h7-8H,6,9-10H2,1-5H3,(H,19,20). The van der Waals surface area contributed by atoms with Gasteiger partial charge in [-0.1, -0.05) is 12.1 Å². The van der Waals surface area contributed by atoms with Crippen LogP contribution in [0.25, 0.3) is 0 Å². The largest absolute Gasteiger partial charge is 0.481 e. The molecule has 0 aliphatic rings. The van der Waals surface area contributed by atoms with E-state index in [0.717, 1.165) is 22.3 Å². The Morgan fingerprint density at radius 3 is 2.38 bits per heavy atom. The van der Waals surface area contributed by atoms with Crippen LogP contribution >= 0.6 is 0 Å². The van der Waals surface area contributed by atoms with Gasteiger partial charge >= 0.3 is 11.9 Å². The Morgan fingerprint density at radius 1 is 1.24 bits per heavy atom. The van der Waals surface area contributed by atoms with Crippen molar-refractivity contribution in [2.75, 3.05) is 6.61 Å². The third-order valence-electron chi connectivity index (χ3n) is 3.78. The van der Waals surface area contributed by atoms with Crippen molar-refractivity contribution in [2.45, 2.75) is 47.5 Å². The van der Waals surface area contributed by atoms with Crippen LogP contribution in [-0.2, 0) is 27.2 Å². The van der Waals surface area contributed by atoms with E-state index in [9.17, 15) is 14.7 Å². The van der Waals surface area contributed by atoms with Crippen LogP contribution in [-0.4, -0.2) is 23.7 Å². The average molecular weight is 292 g/mol. The van der Waals surface area contributed by atoms with E-state index in [-0.39, 0.29) is 12.4 Å². The molecular weight excluding hydrogens is 268 g/mol. The van der Waals surface area contributed by atoms with Crippen LogP contribution in [0.2, 0.25) is 0 Å². The van der Waals surface area contributed by atoms with Crippen molar-refractivity contribution in [2.24, 2.45) is 5.41 Å². The minimum absolute atomic E-state index is 0.229. The lowest BCUT2D eigenvalue weighted by Gasteiger charge is -2.22. The summed E-state index contributed by atoms with van der Waals surface area (Å²) >= 11 is 0. The normalized spacial score (nSPS) is 11.3. The molecule has 1 rings (SSSR count). The predicted molar refractivity (Wildman–Crippen MR) is 81.4 cm³/mol. The Hall–Kier alpha value is -1.84. The maximum atomic E-state index is 11.7. The van der Waals surface area contributed by atoms with Gasteiger partial charge in [-0.15, -0.1) is 0 Å². The SMILES string of the molecule is CCOC(=O)Cc1c(C)ccc(CC(C)(C)C(=O)O)c1C. The molecule has 0 fully saturated rings. The summed E-state index contributed by atoms with van der Waals surface area (Å²) in [5.41, 5.74) is 3.08. The molecule has 0 spiro atoms. The van der Waals surface area contributed by atoms with Gasteiger partial charge in [-0.25, -0.2) is 0 Å². The number of carbonyl (C=O) groups is 2. The summed E-state index contributed by atoms with van der Waals surface area (Å²) in [7, 11) is 0. The van der Waals surface area contributed by atoms with Crippen LogP contribution < -0.4 is 0 Å². The molecule has 116 valence electrons. The first-order valence-corrected chi connectivity index (χ1v) is 7.16. The molecule has 0 bridgehead atoms. The molecule has 0 heterocycles. The first-order valence-electron chi connectivity index (χ1n) is 7.16. The van der Waals surface area contributed by atoms with Gasteiger partial charge in [0.2, 0.25) is 0 Å². The van der Waals surface area contributed by atoms with E-state index >= 15 is 0 Å². The number of aliphatic carboxylic acids is 1. The Labute approximate surface area is 126 Å². The van der Waals surface area contributed by atoms with Gasteiger partial charge in [0.15, 0.2) is 0 Å². The first-order chi connectivity index (χ1) is 9.69. The van der Waals surface area contributed by atoms with E-state index in [2.05, 4.69) is 0 Å². The van der Waals surface area contributed by atoms with Crippen LogP contribution in [0.3, 0.4) is 0 Å². The monoisotopic (exact) mass is 292 g/mol. The number of hydrogen-bond donors (Lipinski definition) is 1. The fourth-order valence-electron chi connectivity index (χ4n) is 2.31. The second kappa shape index (κ2) is 6.74. The summed E-state index contributed by atoms with van der Waals surface area (Å²) in [5.74, 6) is -1.08. The summed E-state index contributed by atoms with van der Waals surface area (Å²) in [4.78, 5) is 23.0. The minimum Gasteiger partial charge on any atom is -0.481 e. The van der Waals surface area contributed by atoms with Crippen molar-refractivity contribution in [3.63, 3.8) is 0 Å². The van der Waals surface area contributed by atoms with E-state index in [1.54, 1.807) is 20.8 Å². The average Bonchev–Trinajstić information content (AvgIpc) is 2.38. The molecule has 0 aliphatic heterocycles. The molecule has 0 radical (unpaired) electrons. The fourth-order valence-corrected chi connectivity index (χ4v) is 2.31. The van der Waals surface area contributed by atoms with Gasteiger partial charge in [0.25, 0.3) is 0 Å². The summed E-state index contributed by atoms with van der Waals surface area (Å²) < 4.78 is 5.00. The van der Waals surface area contributed by atoms with Crippen LogP contribution in [0, 0.1) is 19.3 Å². The molecule has 0 saturated heterocycles. The molecule has 0 aliphatic carbocycles. The molecule has 4 heteroatoms. The Kier molecular flexibility index (Phi) is 5.53. The molecule has 4 nitrogen and oxygen atoms in total. The molecule has 0 saturated carbocycles. The quantitative estimate of drug-likeness (QED) is 0.818.